The van der Waals surface area contributed by atoms with E-state index in [1.165, 1.54) is 0 Å². The molecule has 2 heterocycles. The molecule has 2 atom stereocenters. The van der Waals surface area contributed by atoms with Crippen LogP contribution in [0.5, 0.6) is 0 Å². The molecule has 0 spiro atoms. The number of carbonyl (C=O) groups excluding carboxylic acids is 1. The highest BCUT2D eigenvalue weighted by atomic mass is 35.5. The number of rotatable bonds is 2. The van der Waals surface area contributed by atoms with Gasteiger partial charge in [-0.15, -0.1) is 12.4 Å². The Morgan fingerprint density at radius 1 is 1.65 bits per heavy atom. The first kappa shape index (κ1) is 14.0. The van der Waals surface area contributed by atoms with Gasteiger partial charge in [-0.3, -0.25) is 4.79 Å². The minimum absolute atomic E-state index is 0. The quantitative estimate of drug-likeness (QED) is 0.816. The smallest absolute Gasteiger partial charge is 0.269 e. The fourth-order valence-electron chi connectivity index (χ4n) is 2.00. The van der Waals surface area contributed by atoms with Crippen LogP contribution in [0.4, 0.5) is 0 Å². The van der Waals surface area contributed by atoms with Crippen LogP contribution < -0.4 is 10.6 Å². The predicted octanol–water partition coefficient (Wildman–Crippen LogP) is 0.570. The van der Waals surface area contributed by atoms with Gasteiger partial charge < -0.3 is 15.2 Å². The van der Waals surface area contributed by atoms with E-state index in [9.17, 15) is 4.79 Å². The van der Waals surface area contributed by atoms with Gasteiger partial charge in [0.2, 0.25) is 0 Å². The minimum atomic E-state index is -0.0412. The van der Waals surface area contributed by atoms with E-state index in [0.717, 1.165) is 19.5 Å². The maximum Gasteiger partial charge on any atom is 0.269 e. The molecule has 1 aliphatic heterocycles. The lowest BCUT2D eigenvalue weighted by Crippen LogP contribution is -2.50. The summed E-state index contributed by atoms with van der Waals surface area (Å²) in [5, 5.41) is 6.34. The number of carbonyl (C=O) groups is 1. The van der Waals surface area contributed by atoms with E-state index >= 15 is 0 Å². The Bertz CT molecular complexity index is 379. The van der Waals surface area contributed by atoms with Crippen molar-refractivity contribution in [2.45, 2.75) is 19.4 Å². The molecule has 1 aliphatic rings. The summed E-state index contributed by atoms with van der Waals surface area (Å²) < 4.78 is 1.73. The Kier molecular flexibility index (Phi) is 4.96. The van der Waals surface area contributed by atoms with Crippen molar-refractivity contribution >= 4 is 18.3 Å². The zero-order chi connectivity index (χ0) is 11.5. The van der Waals surface area contributed by atoms with Gasteiger partial charge in [-0.2, -0.15) is 0 Å². The molecule has 0 saturated carbocycles. The monoisotopic (exact) mass is 258 g/mol. The number of amides is 1. The highest BCUT2D eigenvalue weighted by molar-refractivity contribution is 5.92. The van der Waals surface area contributed by atoms with Gasteiger partial charge in [0.25, 0.3) is 5.91 Å². The number of imidazole rings is 1. The maximum absolute atomic E-state index is 11.9. The Morgan fingerprint density at radius 3 is 3.00 bits per heavy atom. The lowest BCUT2D eigenvalue weighted by atomic mass is 9.95. The van der Waals surface area contributed by atoms with Gasteiger partial charge >= 0.3 is 0 Å². The number of hydrogen-bond donors (Lipinski definition) is 2. The molecule has 2 unspecified atom stereocenters. The van der Waals surface area contributed by atoms with Crippen LogP contribution in [0, 0.1) is 5.92 Å². The molecule has 1 aromatic rings. The summed E-state index contributed by atoms with van der Waals surface area (Å²) in [4.78, 5) is 15.9. The fraction of sp³-hybridized carbons (Fsp3) is 0.636. The van der Waals surface area contributed by atoms with E-state index in [1.54, 1.807) is 17.1 Å². The topological polar surface area (TPSA) is 58.9 Å². The largest absolute Gasteiger partial charge is 0.346 e. The van der Waals surface area contributed by atoms with Crippen LogP contribution >= 0.6 is 12.4 Å². The van der Waals surface area contributed by atoms with E-state index in [1.807, 2.05) is 7.05 Å². The molecule has 0 aliphatic carbocycles. The molecule has 5 nitrogen and oxygen atoms in total. The minimum Gasteiger partial charge on any atom is -0.346 e. The summed E-state index contributed by atoms with van der Waals surface area (Å²) >= 11 is 0. The number of halogens is 1. The molecule has 1 fully saturated rings. The molecule has 1 saturated heterocycles. The average molecular weight is 259 g/mol. The molecule has 0 radical (unpaired) electrons. The molecule has 17 heavy (non-hydrogen) atoms. The number of hydrogen-bond acceptors (Lipinski definition) is 3. The van der Waals surface area contributed by atoms with Crippen molar-refractivity contribution in [3.8, 4) is 0 Å². The van der Waals surface area contributed by atoms with E-state index in [4.69, 9.17) is 0 Å². The second-order valence-corrected chi connectivity index (χ2v) is 4.44. The van der Waals surface area contributed by atoms with Crippen molar-refractivity contribution in [3.63, 3.8) is 0 Å². The second-order valence-electron chi connectivity index (χ2n) is 4.44. The van der Waals surface area contributed by atoms with E-state index in [2.05, 4.69) is 22.5 Å². The molecule has 96 valence electrons. The lowest BCUT2D eigenvalue weighted by molar-refractivity contribution is 0.0907. The summed E-state index contributed by atoms with van der Waals surface area (Å²) in [7, 11) is 1.82. The average Bonchev–Trinajstić information content (AvgIpc) is 2.68. The second kappa shape index (κ2) is 6.02. The van der Waals surface area contributed by atoms with Crippen LogP contribution in [-0.2, 0) is 7.05 Å². The van der Waals surface area contributed by atoms with Gasteiger partial charge in [0.05, 0.1) is 12.5 Å². The van der Waals surface area contributed by atoms with Crippen molar-refractivity contribution in [2.24, 2.45) is 13.0 Å². The van der Waals surface area contributed by atoms with Gasteiger partial charge in [0, 0.05) is 19.6 Å². The van der Waals surface area contributed by atoms with Crippen LogP contribution in [0.15, 0.2) is 12.5 Å². The summed E-state index contributed by atoms with van der Waals surface area (Å²) in [5.41, 5.74) is 0.609. The van der Waals surface area contributed by atoms with Crippen molar-refractivity contribution in [1.29, 1.82) is 0 Å². The van der Waals surface area contributed by atoms with Gasteiger partial charge in [-0.1, -0.05) is 6.92 Å². The van der Waals surface area contributed by atoms with Crippen LogP contribution in [0.2, 0.25) is 0 Å². The Hall–Kier alpha value is -1.07. The normalized spacial score (nSPS) is 23.9. The Morgan fingerprint density at radius 2 is 2.41 bits per heavy atom. The number of nitrogens with zero attached hydrogens (tertiary/aromatic N) is 2. The Labute approximate surface area is 107 Å². The predicted molar refractivity (Wildman–Crippen MR) is 68.4 cm³/mol. The van der Waals surface area contributed by atoms with Gasteiger partial charge in [0.1, 0.15) is 5.69 Å². The van der Waals surface area contributed by atoms with Crippen molar-refractivity contribution in [2.75, 3.05) is 13.1 Å². The number of aryl methyl sites for hydroxylation is 1. The SMILES string of the molecule is CC1CCNCC1NC(=O)c1cncn1C.Cl. The molecule has 0 bridgehead atoms. The molecule has 2 N–H and O–H groups in total. The summed E-state index contributed by atoms with van der Waals surface area (Å²) in [5.74, 6) is 0.485. The molecule has 1 aromatic heterocycles. The summed E-state index contributed by atoms with van der Waals surface area (Å²) in [6.07, 6.45) is 4.34. The highest BCUT2D eigenvalue weighted by Crippen LogP contribution is 2.11. The molecular weight excluding hydrogens is 240 g/mol. The first-order valence-corrected chi connectivity index (χ1v) is 5.66. The standard InChI is InChI=1S/C11H18N4O.ClH/c1-8-3-4-12-5-9(8)14-11(16)10-6-13-7-15(10)2;/h6-9,12H,3-5H2,1-2H3,(H,14,16);1H. The third-order valence-electron chi connectivity index (χ3n) is 3.19. The van der Waals surface area contributed by atoms with E-state index in [0.29, 0.717) is 11.6 Å². The molecular formula is C11H19ClN4O. The summed E-state index contributed by atoms with van der Waals surface area (Å²) in [6, 6.07) is 0.219. The maximum atomic E-state index is 11.9. The van der Waals surface area contributed by atoms with E-state index < -0.39 is 0 Å². The van der Waals surface area contributed by atoms with Crippen molar-refractivity contribution in [3.05, 3.63) is 18.2 Å². The van der Waals surface area contributed by atoms with Crippen molar-refractivity contribution < 1.29 is 4.79 Å². The number of nitrogens with one attached hydrogen (secondary N) is 2. The molecule has 6 heteroatoms. The van der Waals surface area contributed by atoms with Crippen LogP contribution in [0.3, 0.4) is 0 Å². The van der Waals surface area contributed by atoms with Gasteiger partial charge in [-0.05, 0) is 18.9 Å². The molecule has 1 amide bonds. The van der Waals surface area contributed by atoms with Gasteiger partial charge in [-0.25, -0.2) is 4.98 Å². The van der Waals surface area contributed by atoms with Crippen LogP contribution in [-0.4, -0.2) is 34.6 Å². The Balaban J connectivity index is 0.00000144. The number of aromatic nitrogens is 2. The highest BCUT2D eigenvalue weighted by Gasteiger charge is 2.23. The van der Waals surface area contributed by atoms with E-state index in [-0.39, 0.29) is 24.4 Å². The fourth-order valence-corrected chi connectivity index (χ4v) is 2.00. The van der Waals surface area contributed by atoms with Gasteiger partial charge in [0.15, 0.2) is 0 Å². The van der Waals surface area contributed by atoms with Crippen LogP contribution in [0.25, 0.3) is 0 Å². The first-order valence-electron chi connectivity index (χ1n) is 5.66. The van der Waals surface area contributed by atoms with Crippen molar-refractivity contribution in [1.82, 2.24) is 20.2 Å². The number of piperidine rings is 1. The molecule has 0 aromatic carbocycles. The van der Waals surface area contributed by atoms with Crippen LogP contribution in [0.1, 0.15) is 23.8 Å². The third kappa shape index (κ3) is 3.20. The first-order chi connectivity index (χ1) is 7.68. The zero-order valence-corrected chi connectivity index (χ0v) is 11.0. The third-order valence-corrected chi connectivity index (χ3v) is 3.19. The molecule has 2 rings (SSSR count). The zero-order valence-electron chi connectivity index (χ0n) is 10.1. The lowest BCUT2D eigenvalue weighted by Gasteiger charge is -2.30. The summed E-state index contributed by atoms with van der Waals surface area (Å²) in [6.45, 7) is 4.07.